The predicted octanol–water partition coefficient (Wildman–Crippen LogP) is 4.56. The molecular formula is C22H24Cl2N6O. The van der Waals surface area contributed by atoms with Gasteiger partial charge in [-0.25, -0.2) is 14.8 Å². The van der Waals surface area contributed by atoms with Gasteiger partial charge in [-0.2, -0.15) is 5.10 Å². The third-order valence-corrected chi connectivity index (χ3v) is 5.99. The standard InChI is InChI=1S/C22H24Cl2N6O/c1-13(2)9-20-25-11-15-6-8-30(12-19(15)27-20)22(31)28-21(18-5-7-26-29-18)14-3-4-16(23)17(24)10-14/h3-5,7,10-11,13,21H,6,8-9,12H2,1-2H3,(H,26,29)(H,28,31). The summed E-state index contributed by atoms with van der Waals surface area (Å²) in [5, 5.41) is 11.0. The lowest BCUT2D eigenvalue weighted by Gasteiger charge is -2.30. The molecule has 1 atom stereocenters. The number of carbonyl (C=O) groups is 1. The maximum Gasteiger partial charge on any atom is 0.318 e. The number of H-pyrrole nitrogens is 1. The molecule has 9 heteroatoms. The number of aromatic nitrogens is 4. The van der Waals surface area contributed by atoms with Crippen LogP contribution in [0.5, 0.6) is 0 Å². The lowest BCUT2D eigenvalue weighted by Crippen LogP contribution is -2.44. The molecule has 0 saturated heterocycles. The molecule has 2 N–H and O–H groups in total. The average molecular weight is 459 g/mol. The third kappa shape index (κ3) is 4.99. The van der Waals surface area contributed by atoms with Crippen LogP contribution in [0.2, 0.25) is 10.0 Å². The van der Waals surface area contributed by atoms with E-state index in [9.17, 15) is 4.79 Å². The molecule has 162 valence electrons. The van der Waals surface area contributed by atoms with Gasteiger partial charge < -0.3 is 10.2 Å². The SMILES string of the molecule is CC(C)Cc1ncc2c(n1)CN(C(=O)NC(c1ccc(Cl)c(Cl)c1)c1ccn[nH]1)CC2. The highest BCUT2D eigenvalue weighted by Crippen LogP contribution is 2.28. The topological polar surface area (TPSA) is 86.8 Å². The molecular weight excluding hydrogens is 435 g/mol. The van der Waals surface area contributed by atoms with Crippen molar-refractivity contribution in [1.82, 2.24) is 30.4 Å². The number of halogens is 2. The molecule has 1 aliphatic heterocycles. The van der Waals surface area contributed by atoms with Gasteiger partial charge in [0.05, 0.1) is 34.0 Å². The molecule has 1 unspecified atom stereocenters. The van der Waals surface area contributed by atoms with Crippen molar-refractivity contribution in [3.05, 3.63) is 75.0 Å². The second kappa shape index (κ2) is 9.24. The van der Waals surface area contributed by atoms with Crippen molar-refractivity contribution in [2.75, 3.05) is 6.54 Å². The van der Waals surface area contributed by atoms with Crippen LogP contribution in [0.1, 0.15) is 48.2 Å². The van der Waals surface area contributed by atoms with Crippen molar-refractivity contribution < 1.29 is 4.79 Å². The zero-order chi connectivity index (χ0) is 22.0. The quantitative estimate of drug-likeness (QED) is 0.586. The number of nitrogens with one attached hydrogen (secondary N) is 2. The minimum Gasteiger partial charge on any atom is -0.326 e. The van der Waals surface area contributed by atoms with Crippen molar-refractivity contribution in [2.45, 2.75) is 39.3 Å². The number of nitrogens with zero attached hydrogens (tertiary/aromatic N) is 4. The number of urea groups is 1. The summed E-state index contributed by atoms with van der Waals surface area (Å²) in [5.74, 6) is 1.30. The Labute approximate surface area is 191 Å². The van der Waals surface area contributed by atoms with Gasteiger partial charge in [-0.15, -0.1) is 0 Å². The highest BCUT2D eigenvalue weighted by atomic mass is 35.5. The number of amides is 2. The molecule has 31 heavy (non-hydrogen) atoms. The molecule has 2 amide bonds. The molecule has 3 aromatic rings. The number of carbonyl (C=O) groups excluding carboxylic acids is 1. The van der Waals surface area contributed by atoms with Gasteiger partial charge in [0, 0.05) is 25.4 Å². The number of hydrogen-bond donors (Lipinski definition) is 2. The summed E-state index contributed by atoms with van der Waals surface area (Å²) in [6.07, 6.45) is 5.10. The minimum absolute atomic E-state index is 0.180. The number of aromatic amines is 1. The zero-order valence-corrected chi connectivity index (χ0v) is 18.9. The lowest BCUT2D eigenvalue weighted by molar-refractivity contribution is 0.188. The Balaban J connectivity index is 1.53. The summed E-state index contributed by atoms with van der Waals surface area (Å²) < 4.78 is 0. The van der Waals surface area contributed by atoms with E-state index in [1.807, 2.05) is 18.3 Å². The van der Waals surface area contributed by atoms with E-state index in [0.717, 1.165) is 41.2 Å². The molecule has 1 aromatic carbocycles. The van der Waals surface area contributed by atoms with Crippen LogP contribution in [-0.4, -0.2) is 37.6 Å². The third-order valence-electron chi connectivity index (χ3n) is 5.25. The molecule has 0 spiro atoms. The predicted molar refractivity (Wildman–Crippen MR) is 120 cm³/mol. The summed E-state index contributed by atoms with van der Waals surface area (Å²) in [6.45, 7) is 5.33. The summed E-state index contributed by atoms with van der Waals surface area (Å²) >= 11 is 12.3. The largest absolute Gasteiger partial charge is 0.326 e. The van der Waals surface area contributed by atoms with Crippen LogP contribution in [0.3, 0.4) is 0 Å². The molecule has 0 fully saturated rings. The lowest BCUT2D eigenvalue weighted by atomic mass is 10.0. The Kier molecular flexibility index (Phi) is 6.43. The van der Waals surface area contributed by atoms with Gasteiger partial charge in [-0.1, -0.05) is 43.1 Å². The molecule has 7 nitrogen and oxygen atoms in total. The van der Waals surface area contributed by atoms with E-state index in [1.165, 1.54) is 0 Å². The molecule has 2 aromatic heterocycles. The Morgan fingerprint density at radius 1 is 1.26 bits per heavy atom. The number of rotatable bonds is 5. The number of hydrogen-bond acceptors (Lipinski definition) is 4. The van der Waals surface area contributed by atoms with Crippen molar-refractivity contribution in [1.29, 1.82) is 0 Å². The molecule has 3 heterocycles. The van der Waals surface area contributed by atoms with E-state index in [1.54, 1.807) is 23.2 Å². The molecule has 4 rings (SSSR count). The maximum atomic E-state index is 13.2. The monoisotopic (exact) mass is 458 g/mol. The van der Waals surface area contributed by atoms with Crippen LogP contribution in [0.15, 0.2) is 36.7 Å². The van der Waals surface area contributed by atoms with Gasteiger partial charge in [0.2, 0.25) is 0 Å². The van der Waals surface area contributed by atoms with Crippen LogP contribution in [-0.2, 0) is 19.4 Å². The van der Waals surface area contributed by atoms with E-state index < -0.39 is 6.04 Å². The highest BCUT2D eigenvalue weighted by molar-refractivity contribution is 6.42. The fourth-order valence-corrected chi connectivity index (χ4v) is 3.96. The second-order valence-electron chi connectivity index (χ2n) is 8.10. The molecule has 0 bridgehead atoms. The van der Waals surface area contributed by atoms with Crippen LogP contribution in [0, 0.1) is 5.92 Å². The number of fused-ring (bicyclic) bond motifs is 1. The first-order valence-corrected chi connectivity index (χ1v) is 11.0. The van der Waals surface area contributed by atoms with Crippen molar-refractivity contribution in [3.8, 4) is 0 Å². The zero-order valence-electron chi connectivity index (χ0n) is 17.4. The first kappa shape index (κ1) is 21.6. The Morgan fingerprint density at radius 2 is 2.10 bits per heavy atom. The van der Waals surface area contributed by atoms with Gasteiger partial charge in [0.15, 0.2) is 0 Å². The molecule has 0 aliphatic carbocycles. The summed E-state index contributed by atoms with van der Waals surface area (Å²) in [4.78, 5) is 24.1. The van der Waals surface area contributed by atoms with Gasteiger partial charge in [-0.3, -0.25) is 5.10 Å². The average Bonchev–Trinajstić information content (AvgIpc) is 3.27. The molecule has 1 aliphatic rings. The normalized spacial score (nSPS) is 14.4. The Bertz CT molecular complexity index is 1070. The molecule has 0 saturated carbocycles. The van der Waals surface area contributed by atoms with Gasteiger partial charge in [0.25, 0.3) is 0 Å². The van der Waals surface area contributed by atoms with Crippen molar-refractivity contribution in [2.24, 2.45) is 5.92 Å². The van der Waals surface area contributed by atoms with Crippen LogP contribution in [0.4, 0.5) is 4.79 Å². The smallest absolute Gasteiger partial charge is 0.318 e. The van der Waals surface area contributed by atoms with Crippen molar-refractivity contribution in [3.63, 3.8) is 0 Å². The van der Waals surface area contributed by atoms with Crippen LogP contribution in [0.25, 0.3) is 0 Å². The van der Waals surface area contributed by atoms with E-state index in [2.05, 4.69) is 34.3 Å². The van der Waals surface area contributed by atoms with Crippen LogP contribution >= 0.6 is 23.2 Å². The van der Waals surface area contributed by atoms with Crippen molar-refractivity contribution >= 4 is 29.2 Å². The highest BCUT2D eigenvalue weighted by Gasteiger charge is 2.26. The fourth-order valence-electron chi connectivity index (χ4n) is 3.66. The first-order chi connectivity index (χ1) is 14.9. The fraction of sp³-hybridized carbons (Fsp3) is 0.364. The Morgan fingerprint density at radius 3 is 2.81 bits per heavy atom. The number of benzene rings is 1. The van der Waals surface area contributed by atoms with E-state index in [4.69, 9.17) is 28.2 Å². The summed E-state index contributed by atoms with van der Waals surface area (Å²) in [7, 11) is 0. The Hall–Kier alpha value is -2.64. The van der Waals surface area contributed by atoms with E-state index >= 15 is 0 Å². The maximum absolute atomic E-state index is 13.2. The second-order valence-corrected chi connectivity index (χ2v) is 8.91. The van der Waals surface area contributed by atoms with Gasteiger partial charge >= 0.3 is 6.03 Å². The minimum atomic E-state index is -0.437. The van der Waals surface area contributed by atoms with Gasteiger partial charge in [0.1, 0.15) is 5.82 Å². The van der Waals surface area contributed by atoms with E-state index in [-0.39, 0.29) is 6.03 Å². The van der Waals surface area contributed by atoms with Crippen LogP contribution < -0.4 is 5.32 Å². The molecule has 0 radical (unpaired) electrons. The van der Waals surface area contributed by atoms with E-state index in [0.29, 0.717) is 29.1 Å². The summed E-state index contributed by atoms with van der Waals surface area (Å²) in [5.41, 5.74) is 3.59. The van der Waals surface area contributed by atoms with Gasteiger partial charge in [-0.05, 0) is 41.7 Å². The first-order valence-electron chi connectivity index (χ1n) is 10.2. The summed E-state index contributed by atoms with van der Waals surface area (Å²) in [6, 6.07) is 6.53.